The van der Waals surface area contributed by atoms with Gasteiger partial charge in [-0.25, -0.2) is 0 Å². The molecule has 1 aliphatic carbocycles. The highest BCUT2D eigenvalue weighted by atomic mass is 32.1. The zero-order valence-corrected chi connectivity index (χ0v) is 9.93. The van der Waals surface area contributed by atoms with Crippen LogP contribution in [0.4, 0.5) is 5.69 Å². The van der Waals surface area contributed by atoms with Crippen molar-refractivity contribution < 1.29 is 4.79 Å². The predicted octanol–water partition coefficient (Wildman–Crippen LogP) is 2.34. The first kappa shape index (κ1) is 11.1. The topological polar surface area (TPSA) is 41.1 Å². The van der Waals surface area contributed by atoms with Crippen LogP contribution in [0.15, 0.2) is 24.3 Å². The number of hydrogen-bond donors (Lipinski definition) is 2. The van der Waals surface area contributed by atoms with Crippen LogP contribution in [0.1, 0.15) is 30.1 Å². The van der Waals surface area contributed by atoms with E-state index in [-0.39, 0.29) is 5.78 Å². The summed E-state index contributed by atoms with van der Waals surface area (Å²) in [4.78, 5) is 11.1. The van der Waals surface area contributed by atoms with Crippen molar-refractivity contribution in [3.05, 3.63) is 29.8 Å². The second-order valence-corrected chi connectivity index (χ2v) is 4.41. The first-order valence-corrected chi connectivity index (χ1v) is 5.74. The van der Waals surface area contributed by atoms with Gasteiger partial charge in [0.05, 0.1) is 0 Å². The zero-order valence-electron chi connectivity index (χ0n) is 9.12. The lowest BCUT2D eigenvalue weighted by Crippen LogP contribution is -2.30. The van der Waals surface area contributed by atoms with Crippen molar-refractivity contribution in [3.63, 3.8) is 0 Å². The van der Waals surface area contributed by atoms with Gasteiger partial charge in [0.2, 0.25) is 0 Å². The van der Waals surface area contributed by atoms with Gasteiger partial charge in [-0.15, -0.1) is 0 Å². The smallest absolute Gasteiger partial charge is 0.170 e. The molecule has 4 heteroatoms. The molecule has 2 N–H and O–H groups in total. The minimum Gasteiger partial charge on any atom is -0.360 e. The van der Waals surface area contributed by atoms with Gasteiger partial charge in [-0.1, -0.05) is 0 Å². The molecule has 0 saturated heterocycles. The van der Waals surface area contributed by atoms with Gasteiger partial charge in [0.25, 0.3) is 0 Å². The third kappa shape index (κ3) is 3.03. The Balaban J connectivity index is 1.93. The third-order valence-corrected chi connectivity index (χ3v) is 2.68. The zero-order chi connectivity index (χ0) is 11.5. The van der Waals surface area contributed by atoms with Gasteiger partial charge in [-0.05, 0) is 56.2 Å². The van der Waals surface area contributed by atoms with Crippen LogP contribution in [-0.4, -0.2) is 16.9 Å². The van der Waals surface area contributed by atoms with E-state index >= 15 is 0 Å². The fourth-order valence-electron chi connectivity index (χ4n) is 1.37. The highest BCUT2D eigenvalue weighted by Crippen LogP contribution is 2.19. The van der Waals surface area contributed by atoms with Gasteiger partial charge in [0.15, 0.2) is 10.9 Å². The van der Waals surface area contributed by atoms with Crippen LogP contribution in [0.3, 0.4) is 0 Å². The maximum atomic E-state index is 11.1. The number of benzene rings is 1. The van der Waals surface area contributed by atoms with Crippen molar-refractivity contribution in [2.45, 2.75) is 25.8 Å². The Morgan fingerprint density at radius 2 is 1.94 bits per heavy atom. The normalized spacial score (nSPS) is 14.3. The molecule has 0 bridgehead atoms. The van der Waals surface area contributed by atoms with Gasteiger partial charge in [-0.3, -0.25) is 4.79 Å². The minimum absolute atomic E-state index is 0.0743. The molecule has 3 nitrogen and oxygen atoms in total. The summed E-state index contributed by atoms with van der Waals surface area (Å²) in [5.74, 6) is 0.0743. The van der Waals surface area contributed by atoms with Crippen LogP contribution in [0.5, 0.6) is 0 Å². The summed E-state index contributed by atoms with van der Waals surface area (Å²) in [7, 11) is 0. The van der Waals surface area contributed by atoms with E-state index in [2.05, 4.69) is 10.6 Å². The number of hydrogen-bond acceptors (Lipinski definition) is 2. The molecule has 0 amide bonds. The molecule has 1 fully saturated rings. The van der Waals surface area contributed by atoms with Crippen LogP contribution in [0, 0.1) is 0 Å². The van der Waals surface area contributed by atoms with Crippen molar-refractivity contribution in [2.24, 2.45) is 0 Å². The minimum atomic E-state index is 0.0743. The van der Waals surface area contributed by atoms with E-state index in [0.29, 0.717) is 16.7 Å². The fraction of sp³-hybridized carbons (Fsp3) is 0.333. The highest BCUT2D eigenvalue weighted by molar-refractivity contribution is 7.80. The average Bonchev–Trinajstić information content (AvgIpc) is 3.02. The van der Waals surface area contributed by atoms with Crippen LogP contribution in [-0.2, 0) is 0 Å². The molecule has 0 radical (unpaired) electrons. The molecule has 1 aliphatic rings. The summed E-state index contributed by atoms with van der Waals surface area (Å²) in [5, 5.41) is 6.93. The molecule has 0 atom stereocenters. The highest BCUT2D eigenvalue weighted by Gasteiger charge is 2.21. The van der Waals surface area contributed by atoms with Gasteiger partial charge in [0, 0.05) is 17.3 Å². The number of anilines is 1. The van der Waals surface area contributed by atoms with E-state index < -0.39 is 0 Å². The van der Waals surface area contributed by atoms with Gasteiger partial charge < -0.3 is 10.6 Å². The SMILES string of the molecule is CC(=O)c1ccc(NC(=S)NC2CC2)cc1. The number of carbonyl (C=O) groups excluding carboxylic acids is 1. The first-order chi connectivity index (χ1) is 7.65. The molecule has 1 saturated carbocycles. The first-order valence-electron chi connectivity index (χ1n) is 5.33. The standard InChI is InChI=1S/C12H14N2OS/c1-8(15)9-2-4-10(5-3-9)13-12(16)14-11-6-7-11/h2-5,11H,6-7H2,1H3,(H2,13,14,16). The fourth-order valence-corrected chi connectivity index (χ4v) is 1.65. The maximum absolute atomic E-state index is 11.1. The van der Waals surface area contributed by atoms with Crippen LogP contribution >= 0.6 is 12.2 Å². The van der Waals surface area contributed by atoms with Gasteiger partial charge in [-0.2, -0.15) is 0 Å². The van der Waals surface area contributed by atoms with Crippen molar-refractivity contribution in [1.29, 1.82) is 0 Å². The second-order valence-electron chi connectivity index (χ2n) is 4.01. The average molecular weight is 234 g/mol. The maximum Gasteiger partial charge on any atom is 0.170 e. The summed E-state index contributed by atoms with van der Waals surface area (Å²) in [6, 6.07) is 7.86. The van der Waals surface area contributed by atoms with Crippen molar-refractivity contribution >= 4 is 28.8 Å². The molecule has 0 aliphatic heterocycles. The van der Waals surface area contributed by atoms with Crippen LogP contribution in [0.2, 0.25) is 0 Å². The molecule has 0 spiro atoms. The van der Waals surface area contributed by atoms with E-state index in [1.807, 2.05) is 12.1 Å². The summed E-state index contributed by atoms with van der Waals surface area (Å²) in [6.07, 6.45) is 2.40. The Morgan fingerprint density at radius 3 is 2.44 bits per heavy atom. The molecule has 0 unspecified atom stereocenters. The number of nitrogens with one attached hydrogen (secondary N) is 2. The Kier molecular flexibility index (Phi) is 3.19. The van der Waals surface area contributed by atoms with E-state index in [9.17, 15) is 4.79 Å². The number of rotatable bonds is 3. The lowest BCUT2D eigenvalue weighted by Gasteiger charge is -2.09. The van der Waals surface area contributed by atoms with Crippen LogP contribution < -0.4 is 10.6 Å². The Labute approximate surface area is 100 Å². The second kappa shape index (κ2) is 4.61. The number of thiocarbonyl (C=S) groups is 1. The summed E-state index contributed by atoms with van der Waals surface area (Å²) in [5.41, 5.74) is 1.62. The molecule has 0 heterocycles. The summed E-state index contributed by atoms with van der Waals surface area (Å²) < 4.78 is 0. The van der Waals surface area contributed by atoms with Crippen molar-refractivity contribution in [3.8, 4) is 0 Å². The Morgan fingerprint density at radius 1 is 1.31 bits per heavy atom. The van der Waals surface area contributed by atoms with Crippen LogP contribution in [0.25, 0.3) is 0 Å². The van der Waals surface area contributed by atoms with Gasteiger partial charge >= 0.3 is 0 Å². The predicted molar refractivity (Wildman–Crippen MR) is 68.8 cm³/mol. The molecule has 2 rings (SSSR count). The molecular formula is C12H14N2OS. The number of ketones is 1. The lowest BCUT2D eigenvalue weighted by molar-refractivity contribution is 0.101. The van der Waals surface area contributed by atoms with E-state index in [1.165, 1.54) is 12.8 Å². The lowest BCUT2D eigenvalue weighted by atomic mass is 10.1. The Bertz CT molecular complexity index is 410. The Hall–Kier alpha value is -1.42. The van der Waals surface area contributed by atoms with E-state index in [1.54, 1.807) is 19.1 Å². The van der Waals surface area contributed by atoms with Gasteiger partial charge in [0.1, 0.15) is 0 Å². The molecule has 1 aromatic rings. The third-order valence-electron chi connectivity index (χ3n) is 2.46. The molecule has 16 heavy (non-hydrogen) atoms. The van der Waals surface area contributed by atoms with Crippen molar-refractivity contribution in [1.82, 2.24) is 5.32 Å². The summed E-state index contributed by atoms with van der Waals surface area (Å²) >= 11 is 5.15. The quantitative estimate of drug-likeness (QED) is 0.622. The molecule has 1 aromatic carbocycles. The van der Waals surface area contributed by atoms with Crippen molar-refractivity contribution in [2.75, 3.05) is 5.32 Å². The van der Waals surface area contributed by atoms with E-state index in [0.717, 1.165) is 5.69 Å². The monoisotopic (exact) mass is 234 g/mol. The molecule has 0 aromatic heterocycles. The number of Topliss-reactive ketones (excluding diaryl/α,β-unsaturated/α-hetero) is 1. The number of carbonyl (C=O) groups is 1. The largest absolute Gasteiger partial charge is 0.360 e. The summed E-state index contributed by atoms with van der Waals surface area (Å²) in [6.45, 7) is 1.56. The molecular weight excluding hydrogens is 220 g/mol. The molecule has 84 valence electrons. The van der Waals surface area contributed by atoms with E-state index in [4.69, 9.17) is 12.2 Å².